The molecule has 0 fully saturated rings. The van der Waals surface area contributed by atoms with Crippen LogP contribution in [-0.4, -0.2) is 186 Å². The molecule has 0 bridgehead atoms. The van der Waals surface area contributed by atoms with Crippen LogP contribution in [0.1, 0.15) is 95.9 Å². The summed E-state index contributed by atoms with van der Waals surface area (Å²) in [6.45, 7) is 18.4. The quantitative estimate of drug-likeness (QED) is 0.0282. The van der Waals surface area contributed by atoms with E-state index in [0.717, 1.165) is 24.3 Å². The smallest absolute Gasteiger partial charge is 0.325 e. The Bertz CT molecular complexity index is 2330. The van der Waals surface area contributed by atoms with Crippen LogP contribution < -0.4 is 0 Å². The first kappa shape index (κ1) is 68.8. The highest BCUT2D eigenvalue weighted by Crippen LogP contribution is 2.31. The maximum Gasteiger partial charge on any atom is 0.325 e. The molecule has 0 heterocycles. The van der Waals surface area contributed by atoms with Crippen molar-refractivity contribution in [2.24, 2.45) is 0 Å². The summed E-state index contributed by atoms with van der Waals surface area (Å²) >= 11 is 0. The van der Waals surface area contributed by atoms with Crippen molar-refractivity contribution in [3.8, 4) is 0 Å². The van der Waals surface area contributed by atoms with Gasteiger partial charge in [0, 0.05) is 25.2 Å². The maximum absolute atomic E-state index is 14.2. The topological polar surface area (TPSA) is 322 Å². The molecule has 442 valence electrons. The third-order valence-electron chi connectivity index (χ3n) is 9.68. The number of hydrogen-bond donors (Lipinski definition) is 0. The molecule has 0 saturated heterocycles. The van der Waals surface area contributed by atoms with Crippen LogP contribution in [-0.2, 0) is 86.6 Å². The molecule has 0 N–H and O–H groups in total. The molecule has 26 nitrogen and oxygen atoms in total. The molecule has 0 unspecified atom stereocenters. The van der Waals surface area contributed by atoms with Crippen molar-refractivity contribution in [3.05, 3.63) is 68.8 Å². The van der Waals surface area contributed by atoms with Gasteiger partial charge in [-0.15, -0.1) is 0 Å². The Morgan fingerprint density at radius 2 is 0.679 bits per heavy atom. The summed E-state index contributed by atoms with van der Waals surface area (Å²) in [7, 11) is -9.68. The molecule has 2 aromatic rings. The van der Waals surface area contributed by atoms with E-state index in [2.05, 4.69) is 0 Å². The van der Waals surface area contributed by atoms with Gasteiger partial charge < -0.3 is 47.4 Å². The van der Waals surface area contributed by atoms with Crippen LogP contribution in [0.2, 0.25) is 0 Å². The lowest BCUT2D eigenvalue weighted by atomic mass is 10.1. The van der Waals surface area contributed by atoms with Crippen molar-refractivity contribution in [1.82, 2.24) is 8.61 Å². The van der Waals surface area contributed by atoms with Gasteiger partial charge in [0.2, 0.25) is 0 Å². The van der Waals surface area contributed by atoms with E-state index >= 15 is 0 Å². The maximum atomic E-state index is 14.2. The number of nitro groups is 2. The van der Waals surface area contributed by atoms with Crippen LogP contribution in [0, 0.1) is 20.2 Å². The van der Waals surface area contributed by atoms with E-state index in [1.54, 1.807) is 83.1 Å². The molecule has 2 aromatic carbocycles. The van der Waals surface area contributed by atoms with E-state index in [1.807, 2.05) is 0 Å². The molecular weight excluding hydrogens is 1070 g/mol. The Kier molecular flexibility index (Phi) is 27.8. The highest BCUT2D eigenvalue weighted by molar-refractivity contribution is 7.89. The van der Waals surface area contributed by atoms with Crippen LogP contribution >= 0.6 is 0 Å². The monoisotopic (exact) mass is 1150 g/mol. The van der Waals surface area contributed by atoms with Crippen LogP contribution in [0.3, 0.4) is 0 Å². The van der Waals surface area contributed by atoms with Gasteiger partial charge in [-0.1, -0.05) is 24.3 Å². The Morgan fingerprint density at radius 3 is 0.923 bits per heavy atom. The minimum atomic E-state index is -4.84. The predicted octanol–water partition coefficient (Wildman–Crippen LogP) is 5.17. The summed E-state index contributed by atoms with van der Waals surface area (Å²) in [5.41, 5.74) is -5.65. The standard InChI is InChI=1S/C50H78N4O22S2/c1-47(2,3)73-43(55)35-39(45(57)75-49(7,8)9)51(77(63,64)41-19-15-13-17-37(41)53(59)60)21-23-67-25-27-69-29-31-71-33-34-72-32-30-70-28-26-68-24-22-52(78(65,66)42-20-16-14-18-38(42)54(61)62)40(46(58)76-50(10,11)12)36-44(56)74-48(4,5)6/h13-20,39-40H,21-36H2,1-12H3/t39-,40-/m0/s1. The molecule has 0 spiro atoms. The molecule has 2 atom stereocenters. The Hall–Kier alpha value is -5.30. The lowest BCUT2D eigenvalue weighted by Crippen LogP contribution is -2.50. The molecule has 0 radical (unpaired) electrons. The first-order valence-electron chi connectivity index (χ1n) is 24.9. The van der Waals surface area contributed by atoms with Crippen LogP contribution in [0.25, 0.3) is 0 Å². The van der Waals surface area contributed by atoms with Crippen molar-refractivity contribution in [1.29, 1.82) is 0 Å². The van der Waals surface area contributed by atoms with Gasteiger partial charge >= 0.3 is 23.9 Å². The predicted molar refractivity (Wildman–Crippen MR) is 279 cm³/mol. The Labute approximate surface area is 456 Å². The number of nitrogens with zero attached hydrogens (tertiary/aromatic N) is 4. The first-order valence-corrected chi connectivity index (χ1v) is 27.8. The second-order valence-electron chi connectivity index (χ2n) is 21.0. The van der Waals surface area contributed by atoms with Gasteiger partial charge in [0.25, 0.3) is 31.4 Å². The third kappa shape index (κ3) is 25.7. The van der Waals surface area contributed by atoms with Crippen molar-refractivity contribution < 1.29 is 93.2 Å². The molecule has 2 rings (SSSR count). The average molecular weight is 1150 g/mol. The number of para-hydroxylation sites is 2. The van der Waals surface area contributed by atoms with Crippen LogP contribution in [0.4, 0.5) is 11.4 Å². The van der Waals surface area contributed by atoms with Crippen molar-refractivity contribution >= 4 is 55.3 Å². The van der Waals surface area contributed by atoms with Gasteiger partial charge in [-0.25, -0.2) is 16.8 Å². The Morgan fingerprint density at radius 1 is 0.436 bits per heavy atom. The molecular formula is C50H78N4O22S2. The minimum Gasteiger partial charge on any atom is -0.460 e. The number of rotatable bonds is 35. The third-order valence-corrected chi connectivity index (χ3v) is 13.6. The number of carbonyl (C=O) groups excluding carboxylic acids is 4. The molecule has 28 heteroatoms. The highest BCUT2D eigenvalue weighted by Gasteiger charge is 2.44. The molecule has 0 aliphatic rings. The molecule has 0 aromatic heterocycles. The second kappa shape index (κ2) is 31.5. The average Bonchev–Trinajstić information content (AvgIpc) is 3.29. The fraction of sp³-hybridized carbons (Fsp3) is 0.680. The molecule has 0 amide bonds. The van der Waals surface area contributed by atoms with E-state index in [-0.39, 0.29) is 79.3 Å². The lowest BCUT2D eigenvalue weighted by Gasteiger charge is -2.32. The number of esters is 4. The zero-order valence-electron chi connectivity index (χ0n) is 46.7. The number of nitro benzene ring substituents is 2. The summed E-state index contributed by atoms with van der Waals surface area (Å²) in [6, 6.07) is 5.65. The van der Waals surface area contributed by atoms with E-state index in [0.29, 0.717) is 8.61 Å². The zero-order valence-corrected chi connectivity index (χ0v) is 48.3. The molecule has 0 saturated carbocycles. The fourth-order valence-corrected chi connectivity index (χ4v) is 10.2. The van der Waals surface area contributed by atoms with Gasteiger partial charge in [-0.05, 0) is 95.2 Å². The van der Waals surface area contributed by atoms with Gasteiger partial charge in [0.15, 0.2) is 9.79 Å². The number of hydrogen-bond acceptors (Lipinski definition) is 22. The number of benzene rings is 2. The molecule has 78 heavy (non-hydrogen) atoms. The summed E-state index contributed by atoms with van der Waals surface area (Å²) < 4.78 is 113. The lowest BCUT2D eigenvalue weighted by molar-refractivity contribution is -0.388. The number of sulfonamides is 2. The summed E-state index contributed by atoms with van der Waals surface area (Å²) in [5, 5.41) is 23.7. The first-order chi connectivity index (χ1) is 36.1. The van der Waals surface area contributed by atoms with E-state index < -0.39 is 135 Å². The van der Waals surface area contributed by atoms with Gasteiger partial charge in [0.05, 0.1) is 102 Å². The van der Waals surface area contributed by atoms with Crippen molar-refractivity contribution in [2.75, 3.05) is 92.4 Å². The van der Waals surface area contributed by atoms with E-state index in [9.17, 15) is 56.2 Å². The van der Waals surface area contributed by atoms with Crippen LogP contribution in [0.15, 0.2) is 58.3 Å². The van der Waals surface area contributed by atoms with Crippen LogP contribution in [0.5, 0.6) is 0 Å². The van der Waals surface area contributed by atoms with E-state index in [1.165, 1.54) is 24.3 Å². The van der Waals surface area contributed by atoms with Gasteiger partial charge in [-0.3, -0.25) is 39.4 Å². The normalized spacial score (nSPS) is 13.5. The van der Waals surface area contributed by atoms with Crippen molar-refractivity contribution in [2.45, 2.75) is 140 Å². The summed E-state index contributed by atoms with van der Waals surface area (Å²) in [4.78, 5) is 73.8. The summed E-state index contributed by atoms with van der Waals surface area (Å²) in [5.74, 6) is -3.97. The second-order valence-corrected chi connectivity index (χ2v) is 24.8. The highest BCUT2D eigenvalue weighted by atomic mass is 32.2. The Balaban J connectivity index is 1.87. The number of ether oxygens (including phenoxy) is 10. The van der Waals surface area contributed by atoms with E-state index in [4.69, 9.17) is 47.4 Å². The van der Waals surface area contributed by atoms with Gasteiger partial charge in [0.1, 0.15) is 34.5 Å². The fourth-order valence-electron chi connectivity index (χ4n) is 6.73. The zero-order chi connectivity index (χ0) is 59.1. The largest absolute Gasteiger partial charge is 0.460 e. The minimum absolute atomic E-state index is 0.0253. The molecule has 0 aliphatic heterocycles. The van der Waals surface area contributed by atoms with Crippen molar-refractivity contribution in [3.63, 3.8) is 0 Å². The van der Waals surface area contributed by atoms with Gasteiger partial charge in [-0.2, -0.15) is 8.61 Å². The summed E-state index contributed by atoms with van der Waals surface area (Å²) in [6.07, 6.45) is -1.52. The SMILES string of the molecule is CC(C)(C)OC(=O)C[C@@H](C(=O)OC(C)(C)C)N(CCOCCOCCOCCOCCOCCOCCN([C@@H](CC(=O)OC(C)(C)C)C(=O)OC(C)(C)C)S(=O)(=O)c1ccccc1[N+](=O)[O-])S(=O)(=O)c1ccccc1[N+](=O)[O-]. The molecule has 0 aliphatic carbocycles. The number of carbonyl (C=O) groups is 4.